The Labute approximate surface area is 159 Å². The number of rotatable bonds is 1. The quantitative estimate of drug-likeness (QED) is 0.277. The summed E-state index contributed by atoms with van der Waals surface area (Å²) in [5.74, 6) is -1.43. The van der Waals surface area contributed by atoms with Gasteiger partial charge in [-0.2, -0.15) is 8.42 Å². The molecule has 142 valence electrons. The summed E-state index contributed by atoms with van der Waals surface area (Å²) in [6.45, 7) is 0. The Morgan fingerprint density at radius 2 is 1.46 bits per heavy atom. The van der Waals surface area contributed by atoms with Crippen molar-refractivity contribution in [2.24, 2.45) is 5.18 Å². The Kier molecular flexibility index (Phi) is 5.14. The van der Waals surface area contributed by atoms with Gasteiger partial charge in [-0.1, -0.05) is 36.4 Å². The van der Waals surface area contributed by atoms with E-state index in [1.807, 2.05) is 36.4 Å². The van der Waals surface area contributed by atoms with E-state index in [9.17, 15) is 14.5 Å². The van der Waals surface area contributed by atoms with Gasteiger partial charge in [-0.05, 0) is 51.7 Å². The van der Waals surface area contributed by atoms with Gasteiger partial charge in [0.05, 0.1) is 5.57 Å². The molecule has 0 radical (unpaired) electrons. The smallest absolute Gasteiger partial charge is 0.288 e. The third-order valence-corrected chi connectivity index (χ3v) is 4.26. The van der Waals surface area contributed by atoms with Crippen LogP contribution in [0.4, 0.5) is 0 Å². The highest BCUT2D eigenvalue weighted by molar-refractivity contribution is 7.79. The van der Waals surface area contributed by atoms with Crippen LogP contribution in [0.5, 0.6) is 0 Å². The molecule has 28 heavy (non-hydrogen) atoms. The van der Waals surface area contributed by atoms with E-state index in [2.05, 4.69) is 11.2 Å². The predicted molar refractivity (Wildman–Crippen MR) is 103 cm³/mol. The van der Waals surface area contributed by atoms with Crippen molar-refractivity contribution in [2.45, 2.75) is 6.42 Å². The number of carbonyl (C=O) groups is 2. The van der Waals surface area contributed by atoms with E-state index in [1.54, 1.807) is 6.07 Å². The zero-order chi connectivity index (χ0) is 20.5. The lowest BCUT2D eigenvalue weighted by Crippen LogP contribution is -2.17. The van der Waals surface area contributed by atoms with Gasteiger partial charge in [-0.3, -0.25) is 18.7 Å². The summed E-state index contributed by atoms with van der Waals surface area (Å²) >= 11 is 0. The van der Waals surface area contributed by atoms with Gasteiger partial charge in [-0.15, -0.1) is 4.91 Å². The molecule has 8 nitrogen and oxygen atoms in total. The number of Topliss-reactive ketones (excluding diaryl/α,β-unsaturated/α-hetero) is 1. The van der Waals surface area contributed by atoms with Gasteiger partial charge in [0.25, 0.3) is 0 Å². The minimum atomic E-state index is -4.67. The van der Waals surface area contributed by atoms with Crippen LogP contribution in [0.3, 0.4) is 0 Å². The van der Waals surface area contributed by atoms with Crippen LogP contribution >= 0.6 is 0 Å². The molecule has 3 aromatic carbocycles. The van der Waals surface area contributed by atoms with Crippen LogP contribution in [-0.4, -0.2) is 29.2 Å². The van der Waals surface area contributed by atoms with Crippen molar-refractivity contribution in [1.82, 2.24) is 0 Å². The van der Waals surface area contributed by atoms with Gasteiger partial charge < -0.3 is 0 Å². The molecule has 1 aliphatic rings. The maximum atomic E-state index is 12.4. The highest BCUT2D eigenvalue weighted by Gasteiger charge is 2.26. The lowest BCUT2D eigenvalue weighted by molar-refractivity contribution is -0.114. The Morgan fingerprint density at radius 1 is 0.929 bits per heavy atom. The minimum Gasteiger partial charge on any atom is -0.288 e. The highest BCUT2D eigenvalue weighted by atomic mass is 32.3. The normalized spacial score (nSPS) is 13.4. The van der Waals surface area contributed by atoms with Crippen LogP contribution in [0.2, 0.25) is 0 Å². The summed E-state index contributed by atoms with van der Waals surface area (Å²) in [5.41, 5.74) is 1.20. The molecule has 9 heteroatoms. The Morgan fingerprint density at radius 3 is 2.00 bits per heavy atom. The molecule has 0 fully saturated rings. The zero-order valence-electron chi connectivity index (χ0n) is 14.2. The maximum absolute atomic E-state index is 12.4. The molecule has 0 unspecified atom stereocenters. The summed E-state index contributed by atoms with van der Waals surface area (Å²) in [4.78, 5) is 34.3. The third kappa shape index (κ3) is 4.17. The van der Waals surface area contributed by atoms with Crippen LogP contribution in [0.1, 0.15) is 15.9 Å². The molecular weight excluding hydrogens is 386 g/mol. The lowest BCUT2D eigenvalue weighted by Gasteiger charge is -2.15. The van der Waals surface area contributed by atoms with Gasteiger partial charge in [0.1, 0.15) is 0 Å². The zero-order valence-corrected chi connectivity index (χ0v) is 15.0. The van der Waals surface area contributed by atoms with Gasteiger partial charge in [0.15, 0.2) is 5.78 Å². The molecule has 3 aromatic rings. The Hall–Kier alpha value is -3.27. The van der Waals surface area contributed by atoms with Crippen molar-refractivity contribution < 1.29 is 27.1 Å². The first-order valence-electron chi connectivity index (χ1n) is 7.95. The van der Waals surface area contributed by atoms with Gasteiger partial charge in [-0.25, -0.2) is 0 Å². The molecule has 4 rings (SSSR count). The number of allylic oxidation sites excluding steroid dienone is 1. The third-order valence-electron chi connectivity index (χ3n) is 4.26. The fourth-order valence-electron chi connectivity index (χ4n) is 3.10. The number of nitroso groups, excluding NO2 is 1. The van der Waals surface area contributed by atoms with Crippen LogP contribution < -0.4 is 0 Å². The summed E-state index contributed by atoms with van der Waals surface area (Å²) < 4.78 is 31.6. The first-order chi connectivity index (χ1) is 13.2. The average Bonchev–Trinajstić information content (AvgIpc) is 2.63. The molecule has 1 amide bonds. The largest absolute Gasteiger partial charge is 0.394 e. The van der Waals surface area contributed by atoms with Crippen LogP contribution in [0, 0.1) is 4.91 Å². The maximum Gasteiger partial charge on any atom is 0.394 e. The van der Waals surface area contributed by atoms with E-state index < -0.39 is 22.1 Å². The topological polar surface area (TPSA) is 138 Å². The molecule has 0 spiro atoms. The predicted octanol–water partition coefficient (Wildman–Crippen LogP) is 3.30. The van der Waals surface area contributed by atoms with Crippen LogP contribution in [0.25, 0.3) is 21.5 Å². The van der Waals surface area contributed by atoms with Gasteiger partial charge in [0, 0.05) is 10.7 Å². The fraction of sp³-hybridized carbons (Fsp3) is 0.0526. The highest BCUT2D eigenvalue weighted by Crippen LogP contribution is 2.30. The number of benzene rings is 3. The summed E-state index contributed by atoms with van der Waals surface area (Å²) in [6.07, 6.45) is 1.93. The number of carbonyl (C=O) groups excluding carboxylic acids is 2. The monoisotopic (exact) mass is 399 g/mol. The molecule has 0 saturated carbocycles. The average molecular weight is 399 g/mol. The van der Waals surface area contributed by atoms with Crippen molar-refractivity contribution >= 4 is 43.6 Å². The van der Waals surface area contributed by atoms with Gasteiger partial charge >= 0.3 is 16.3 Å². The molecule has 0 atom stereocenters. The van der Waals surface area contributed by atoms with E-state index in [-0.39, 0.29) is 5.57 Å². The molecule has 0 bridgehead atoms. The van der Waals surface area contributed by atoms with Crippen molar-refractivity contribution in [2.75, 3.05) is 0 Å². The van der Waals surface area contributed by atoms with E-state index >= 15 is 0 Å². The molecule has 0 heterocycles. The summed E-state index contributed by atoms with van der Waals surface area (Å²) in [7, 11) is -4.67. The number of nitrogens with zero attached hydrogens (tertiary/aromatic N) is 1. The van der Waals surface area contributed by atoms with Crippen molar-refractivity contribution in [3.63, 3.8) is 0 Å². The van der Waals surface area contributed by atoms with E-state index in [1.165, 1.54) is 6.08 Å². The molecule has 2 N–H and O–H groups in total. The van der Waals surface area contributed by atoms with E-state index in [4.69, 9.17) is 17.5 Å². The van der Waals surface area contributed by atoms with Crippen molar-refractivity contribution in [3.05, 3.63) is 76.2 Å². The molecule has 0 saturated heterocycles. The van der Waals surface area contributed by atoms with E-state index in [0.717, 1.165) is 27.1 Å². The van der Waals surface area contributed by atoms with E-state index in [0.29, 0.717) is 12.0 Å². The molecule has 0 aliphatic heterocycles. The van der Waals surface area contributed by atoms with Crippen molar-refractivity contribution in [3.8, 4) is 0 Å². The second-order valence-electron chi connectivity index (χ2n) is 6.05. The van der Waals surface area contributed by atoms with Crippen molar-refractivity contribution in [1.29, 1.82) is 0 Å². The summed E-state index contributed by atoms with van der Waals surface area (Å²) in [6, 6.07) is 15.9. The number of fused-ring (bicyclic) bond motifs is 3. The number of hydrogen-bond donors (Lipinski definition) is 2. The number of ketones is 1. The van der Waals surface area contributed by atoms with Crippen LogP contribution in [0.15, 0.2) is 65.4 Å². The fourth-order valence-corrected chi connectivity index (χ4v) is 3.10. The van der Waals surface area contributed by atoms with Crippen LogP contribution in [-0.2, 0) is 21.6 Å². The first-order valence-corrected chi connectivity index (χ1v) is 9.35. The molecule has 0 aromatic heterocycles. The Balaban J connectivity index is 0.000000403. The number of amides is 1. The first kappa shape index (κ1) is 19.5. The second kappa shape index (κ2) is 7.39. The second-order valence-corrected chi connectivity index (χ2v) is 6.95. The number of hydrogen-bond acceptors (Lipinski definition) is 5. The Bertz CT molecular complexity index is 1270. The minimum absolute atomic E-state index is 0.132. The lowest BCUT2D eigenvalue weighted by atomic mass is 9.87. The summed E-state index contributed by atoms with van der Waals surface area (Å²) in [5, 5.41) is 6.57. The molecule has 1 aliphatic carbocycles. The standard InChI is InChI=1S/C19H11NO3.H2O4S/c21-18-16(19(22)20-23)6-5-13-9-14-7-11-3-1-2-4-12(11)8-15(14)10-17(13)18;1-5(2,3)4/h1-4,6-10H,5H2;(H2,1,2,3,4). The van der Waals surface area contributed by atoms with Gasteiger partial charge in [0.2, 0.25) is 0 Å². The molecular formula is C19H13NO7S. The SMILES string of the molecule is O=NC(=O)C1=CCc2cc3cc4ccccc4cc3cc2C1=O.O=S(=O)(O)O.